The summed E-state index contributed by atoms with van der Waals surface area (Å²) in [5.41, 5.74) is 5.16. The number of amidine groups is 1. The van der Waals surface area contributed by atoms with Gasteiger partial charge in [0, 0.05) is 13.6 Å². The lowest BCUT2D eigenvalue weighted by Crippen LogP contribution is -2.63. The van der Waals surface area contributed by atoms with Crippen LogP contribution in [0.2, 0.25) is 0 Å². The SMILES string of the molecule is CC(C)CN1C(SCC(N)=O)=NC2C1C(=O)NC(=O)N2C. The maximum absolute atomic E-state index is 12.1. The number of nitrogens with one attached hydrogen (secondary N) is 1. The van der Waals surface area contributed by atoms with E-state index in [0.29, 0.717) is 17.6 Å². The molecule has 116 valence electrons. The number of carbonyl (C=O) groups excluding carboxylic acids is 3. The van der Waals surface area contributed by atoms with Crippen LogP contribution in [0.15, 0.2) is 4.99 Å². The number of amides is 4. The van der Waals surface area contributed by atoms with Crippen molar-refractivity contribution in [2.45, 2.75) is 26.1 Å². The highest BCUT2D eigenvalue weighted by atomic mass is 32.2. The van der Waals surface area contributed by atoms with Crippen LogP contribution in [0.25, 0.3) is 0 Å². The molecule has 0 radical (unpaired) electrons. The fourth-order valence-electron chi connectivity index (χ4n) is 2.34. The zero-order chi connectivity index (χ0) is 15.7. The summed E-state index contributed by atoms with van der Waals surface area (Å²) in [4.78, 5) is 42.5. The van der Waals surface area contributed by atoms with Crippen LogP contribution in [-0.2, 0) is 9.59 Å². The van der Waals surface area contributed by atoms with E-state index >= 15 is 0 Å². The topological polar surface area (TPSA) is 108 Å². The number of primary amides is 1. The number of hydrogen-bond acceptors (Lipinski definition) is 6. The smallest absolute Gasteiger partial charge is 0.325 e. The van der Waals surface area contributed by atoms with Crippen molar-refractivity contribution in [3.63, 3.8) is 0 Å². The summed E-state index contributed by atoms with van der Waals surface area (Å²) >= 11 is 1.20. The van der Waals surface area contributed by atoms with Gasteiger partial charge in [0.1, 0.15) is 0 Å². The minimum Gasteiger partial charge on any atom is -0.369 e. The summed E-state index contributed by atoms with van der Waals surface area (Å²) in [6, 6.07) is -1.01. The van der Waals surface area contributed by atoms with Gasteiger partial charge < -0.3 is 15.5 Å². The van der Waals surface area contributed by atoms with Gasteiger partial charge in [-0.3, -0.25) is 14.9 Å². The van der Waals surface area contributed by atoms with E-state index < -0.39 is 24.1 Å². The average Bonchev–Trinajstić information content (AvgIpc) is 2.72. The van der Waals surface area contributed by atoms with Crippen LogP contribution >= 0.6 is 11.8 Å². The van der Waals surface area contributed by atoms with E-state index in [0.717, 1.165) is 0 Å². The van der Waals surface area contributed by atoms with Gasteiger partial charge in [-0.05, 0) is 5.92 Å². The van der Waals surface area contributed by atoms with Crippen molar-refractivity contribution >= 4 is 34.8 Å². The first-order chi connectivity index (χ1) is 9.81. The van der Waals surface area contributed by atoms with Gasteiger partial charge in [-0.2, -0.15) is 0 Å². The van der Waals surface area contributed by atoms with E-state index in [9.17, 15) is 14.4 Å². The molecule has 3 N–H and O–H groups in total. The normalized spacial score (nSPS) is 25.0. The maximum Gasteiger partial charge on any atom is 0.325 e. The van der Waals surface area contributed by atoms with Crippen molar-refractivity contribution in [2.75, 3.05) is 19.3 Å². The second kappa shape index (κ2) is 5.92. The molecule has 9 heteroatoms. The van der Waals surface area contributed by atoms with E-state index in [1.807, 2.05) is 18.7 Å². The molecule has 4 amide bonds. The molecule has 2 aliphatic rings. The molecule has 2 rings (SSSR count). The Morgan fingerprint density at radius 3 is 2.71 bits per heavy atom. The van der Waals surface area contributed by atoms with E-state index in [-0.39, 0.29) is 11.7 Å². The molecule has 0 aliphatic carbocycles. The highest BCUT2D eigenvalue weighted by Gasteiger charge is 2.48. The highest BCUT2D eigenvalue weighted by Crippen LogP contribution is 2.28. The molecule has 0 aromatic rings. The van der Waals surface area contributed by atoms with Crippen LogP contribution in [-0.4, -0.2) is 64.4 Å². The van der Waals surface area contributed by atoms with Crippen molar-refractivity contribution < 1.29 is 14.4 Å². The van der Waals surface area contributed by atoms with Crippen LogP contribution in [0.1, 0.15) is 13.8 Å². The number of rotatable bonds is 4. The quantitative estimate of drug-likeness (QED) is 0.721. The van der Waals surface area contributed by atoms with Gasteiger partial charge in [-0.15, -0.1) is 0 Å². The van der Waals surface area contributed by atoms with Gasteiger partial charge in [0.15, 0.2) is 17.4 Å². The van der Waals surface area contributed by atoms with Crippen molar-refractivity contribution in [2.24, 2.45) is 16.6 Å². The standard InChI is InChI=1S/C12H19N5O3S/c1-6(2)4-17-8-9(14-12(17)21-5-7(13)18)16(3)11(20)15-10(8)19/h6,8-9H,4-5H2,1-3H3,(H2,13,18)(H,15,19,20). The second-order valence-corrected chi connectivity index (χ2v) is 6.42. The minimum atomic E-state index is -0.555. The first kappa shape index (κ1) is 15.6. The Bertz CT molecular complexity index is 507. The molecule has 1 fully saturated rings. The number of nitrogens with two attached hydrogens (primary N) is 1. The summed E-state index contributed by atoms with van der Waals surface area (Å²) in [5, 5.41) is 2.90. The number of urea groups is 1. The molecule has 0 spiro atoms. The molecule has 0 aromatic heterocycles. The lowest BCUT2D eigenvalue weighted by Gasteiger charge is -2.36. The number of likely N-dealkylation sites (N-methyl/N-ethyl adjacent to an activating group) is 1. The Morgan fingerprint density at radius 1 is 1.48 bits per heavy atom. The molecule has 2 atom stereocenters. The number of thioether (sulfide) groups is 1. The number of carbonyl (C=O) groups is 3. The van der Waals surface area contributed by atoms with Crippen LogP contribution in [0.5, 0.6) is 0 Å². The lowest BCUT2D eigenvalue weighted by molar-refractivity contribution is -0.127. The first-order valence-electron chi connectivity index (χ1n) is 6.64. The monoisotopic (exact) mass is 313 g/mol. The summed E-state index contributed by atoms with van der Waals surface area (Å²) in [5.74, 6) is -0.413. The average molecular weight is 313 g/mol. The zero-order valence-corrected chi connectivity index (χ0v) is 13.0. The van der Waals surface area contributed by atoms with Crippen LogP contribution in [0.3, 0.4) is 0 Å². The fraction of sp³-hybridized carbons (Fsp3) is 0.667. The van der Waals surface area contributed by atoms with Crippen LogP contribution in [0.4, 0.5) is 4.79 Å². The van der Waals surface area contributed by atoms with E-state index in [4.69, 9.17) is 5.73 Å². The number of imide groups is 1. The van der Waals surface area contributed by atoms with Gasteiger partial charge in [0.05, 0.1) is 5.75 Å². The molecule has 2 heterocycles. The first-order valence-corrected chi connectivity index (χ1v) is 7.63. The Morgan fingerprint density at radius 2 is 2.14 bits per heavy atom. The third-order valence-corrected chi connectivity index (χ3v) is 4.25. The molecule has 1 saturated heterocycles. The number of nitrogens with zero attached hydrogens (tertiary/aromatic N) is 3. The van der Waals surface area contributed by atoms with Gasteiger partial charge in [0.25, 0.3) is 5.91 Å². The second-order valence-electron chi connectivity index (χ2n) is 5.48. The van der Waals surface area contributed by atoms with Crippen molar-refractivity contribution in [3.05, 3.63) is 0 Å². The molecule has 2 unspecified atom stereocenters. The minimum absolute atomic E-state index is 0.0894. The predicted octanol–water partition coefficient (Wildman–Crippen LogP) is -0.591. The molecule has 2 aliphatic heterocycles. The Labute approximate surface area is 127 Å². The summed E-state index contributed by atoms with van der Waals surface area (Å²) < 4.78 is 0. The maximum atomic E-state index is 12.1. The van der Waals surface area contributed by atoms with Gasteiger partial charge in [0.2, 0.25) is 5.91 Å². The Hall–Kier alpha value is -1.77. The largest absolute Gasteiger partial charge is 0.369 e. The third kappa shape index (κ3) is 3.12. The number of aliphatic imine (C=N–C) groups is 1. The molecule has 8 nitrogen and oxygen atoms in total. The van der Waals surface area contributed by atoms with Gasteiger partial charge in [-0.25, -0.2) is 9.79 Å². The fourth-order valence-corrected chi connectivity index (χ4v) is 3.15. The molecule has 0 saturated carbocycles. The number of fused-ring (bicyclic) bond motifs is 1. The zero-order valence-electron chi connectivity index (χ0n) is 12.2. The van der Waals surface area contributed by atoms with E-state index in [2.05, 4.69) is 10.3 Å². The Balaban J connectivity index is 2.26. The van der Waals surface area contributed by atoms with Crippen molar-refractivity contribution in [1.29, 1.82) is 0 Å². The van der Waals surface area contributed by atoms with E-state index in [1.165, 1.54) is 16.7 Å². The third-order valence-electron chi connectivity index (χ3n) is 3.23. The Kier molecular flexibility index (Phi) is 4.40. The van der Waals surface area contributed by atoms with Crippen molar-refractivity contribution in [1.82, 2.24) is 15.1 Å². The molecule has 0 aromatic carbocycles. The van der Waals surface area contributed by atoms with Crippen molar-refractivity contribution in [3.8, 4) is 0 Å². The summed E-state index contributed by atoms with van der Waals surface area (Å²) in [7, 11) is 1.60. The van der Waals surface area contributed by atoms with Gasteiger partial charge >= 0.3 is 6.03 Å². The lowest BCUT2D eigenvalue weighted by atomic mass is 10.1. The number of hydrogen-bond donors (Lipinski definition) is 2. The molecule has 0 bridgehead atoms. The molecular weight excluding hydrogens is 294 g/mol. The van der Waals surface area contributed by atoms with Crippen LogP contribution < -0.4 is 11.1 Å². The van der Waals surface area contributed by atoms with E-state index in [1.54, 1.807) is 7.05 Å². The summed E-state index contributed by atoms with van der Waals surface area (Å²) in [6.07, 6.45) is -0.555. The molecular formula is C12H19N5O3S. The van der Waals surface area contributed by atoms with Crippen LogP contribution in [0, 0.1) is 5.92 Å². The molecule has 21 heavy (non-hydrogen) atoms. The predicted molar refractivity (Wildman–Crippen MR) is 79.5 cm³/mol. The summed E-state index contributed by atoms with van der Waals surface area (Å²) in [6.45, 7) is 4.67. The highest BCUT2D eigenvalue weighted by molar-refractivity contribution is 8.14. The van der Waals surface area contributed by atoms with Gasteiger partial charge in [-0.1, -0.05) is 25.6 Å².